The Morgan fingerprint density at radius 2 is 2.11 bits per heavy atom. The van der Waals surface area contributed by atoms with E-state index in [1.807, 2.05) is 12.1 Å². The van der Waals surface area contributed by atoms with Gasteiger partial charge in [-0.05, 0) is 6.07 Å². The zero-order valence-electron chi connectivity index (χ0n) is 9.84. The topological polar surface area (TPSA) is 72.5 Å². The molecule has 0 amide bonds. The van der Waals surface area contributed by atoms with Crippen molar-refractivity contribution in [2.24, 2.45) is 0 Å². The maximum Gasteiger partial charge on any atom is 0.350 e. The van der Waals surface area contributed by atoms with Crippen molar-refractivity contribution in [3.63, 3.8) is 0 Å². The Kier molecular flexibility index (Phi) is 4.12. The molecular weight excluding hydrogens is 354 g/mol. The van der Waals surface area contributed by atoms with E-state index in [4.69, 9.17) is 0 Å². The number of ether oxygens (including phenoxy) is 1. The summed E-state index contributed by atoms with van der Waals surface area (Å²) >= 11 is 4.09. The number of esters is 1. The summed E-state index contributed by atoms with van der Waals surface area (Å²) in [5.74, 6) is -0.562. The lowest BCUT2D eigenvalue weighted by atomic mass is 10.2. The van der Waals surface area contributed by atoms with Crippen LogP contribution in [0.5, 0.6) is 0 Å². The third-order valence-electron chi connectivity index (χ3n) is 2.37. The number of hydrogen-bond donors (Lipinski definition) is 1. The van der Waals surface area contributed by atoms with Crippen molar-refractivity contribution in [1.82, 2.24) is 0 Å². The summed E-state index contributed by atoms with van der Waals surface area (Å²) < 4.78 is 31.0. The van der Waals surface area contributed by atoms with E-state index in [0.29, 0.717) is 5.39 Å². The van der Waals surface area contributed by atoms with Gasteiger partial charge in [0.25, 0.3) is 0 Å². The Morgan fingerprint density at radius 3 is 2.74 bits per heavy atom. The van der Waals surface area contributed by atoms with Gasteiger partial charge in [0.15, 0.2) is 0 Å². The number of fused-ring (bicyclic) bond motifs is 1. The van der Waals surface area contributed by atoms with E-state index in [2.05, 4.69) is 25.4 Å². The standard InChI is InChI=1S/C11H10BrNO4S2/c1-17-11(14)10-9(13-19(15,16)6-12)7-4-2-3-5-8(7)18-10/h2-5,13H,6H2,1H3. The number of halogens is 1. The van der Waals surface area contributed by atoms with Gasteiger partial charge in [0.2, 0.25) is 10.0 Å². The lowest BCUT2D eigenvalue weighted by molar-refractivity contribution is 0.0607. The van der Waals surface area contributed by atoms with E-state index in [9.17, 15) is 13.2 Å². The molecule has 1 aromatic carbocycles. The number of alkyl halides is 1. The average Bonchev–Trinajstić information content (AvgIpc) is 2.76. The van der Waals surface area contributed by atoms with Crippen LogP contribution in [0.2, 0.25) is 0 Å². The molecule has 2 rings (SSSR count). The van der Waals surface area contributed by atoms with Crippen LogP contribution in [0.4, 0.5) is 5.69 Å². The maximum absolute atomic E-state index is 11.7. The molecule has 1 heterocycles. The molecule has 0 saturated heterocycles. The molecule has 5 nitrogen and oxygen atoms in total. The third-order valence-corrected chi connectivity index (χ3v) is 6.13. The summed E-state index contributed by atoms with van der Waals surface area (Å²) in [6, 6.07) is 7.17. The molecule has 1 N–H and O–H groups in total. The predicted octanol–water partition coefficient (Wildman–Crippen LogP) is 2.78. The molecule has 0 aliphatic carbocycles. The lowest BCUT2D eigenvalue weighted by Crippen LogP contribution is -2.15. The molecule has 0 aliphatic heterocycles. The molecule has 0 fully saturated rings. The number of nitrogens with one attached hydrogen (secondary N) is 1. The normalized spacial score (nSPS) is 11.5. The van der Waals surface area contributed by atoms with Crippen LogP contribution < -0.4 is 4.72 Å². The summed E-state index contributed by atoms with van der Waals surface area (Å²) in [5.41, 5.74) is 0.270. The molecule has 0 aliphatic rings. The Bertz CT molecular complexity index is 723. The summed E-state index contributed by atoms with van der Waals surface area (Å²) in [5, 5.41) is 0.678. The minimum absolute atomic E-state index is 0.244. The van der Waals surface area contributed by atoms with Gasteiger partial charge >= 0.3 is 5.97 Å². The first-order chi connectivity index (χ1) is 8.98. The van der Waals surface area contributed by atoms with Gasteiger partial charge in [0.05, 0.1) is 12.8 Å². The highest BCUT2D eigenvalue weighted by atomic mass is 79.9. The summed E-state index contributed by atoms with van der Waals surface area (Å²) in [6.07, 6.45) is 0. The smallest absolute Gasteiger partial charge is 0.350 e. The third kappa shape index (κ3) is 2.90. The number of methoxy groups -OCH3 is 1. The minimum atomic E-state index is -3.53. The number of rotatable bonds is 4. The van der Waals surface area contributed by atoms with E-state index in [-0.39, 0.29) is 15.2 Å². The molecule has 0 spiro atoms. The van der Waals surface area contributed by atoms with Gasteiger partial charge in [0.1, 0.15) is 9.54 Å². The molecule has 102 valence electrons. The predicted molar refractivity (Wildman–Crippen MR) is 79.5 cm³/mol. The van der Waals surface area contributed by atoms with Gasteiger partial charge in [-0.2, -0.15) is 0 Å². The van der Waals surface area contributed by atoms with Crippen LogP contribution in [0.1, 0.15) is 9.67 Å². The van der Waals surface area contributed by atoms with Gasteiger partial charge in [-0.1, -0.05) is 34.1 Å². The van der Waals surface area contributed by atoms with Crippen molar-refractivity contribution in [1.29, 1.82) is 0 Å². The number of hydrogen-bond acceptors (Lipinski definition) is 5. The summed E-state index contributed by atoms with van der Waals surface area (Å²) in [7, 11) is -2.27. The Morgan fingerprint density at radius 1 is 1.42 bits per heavy atom. The van der Waals surface area contributed by atoms with Crippen LogP contribution >= 0.6 is 27.3 Å². The van der Waals surface area contributed by atoms with Crippen molar-refractivity contribution in [3.8, 4) is 0 Å². The Labute approximate surface area is 122 Å². The highest BCUT2D eigenvalue weighted by Gasteiger charge is 2.22. The van der Waals surface area contributed by atoms with Crippen molar-refractivity contribution >= 4 is 59.0 Å². The van der Waals surface area contributed by atoms with Crippen LogP contribution in [-0.4, -0.2) is 26.2 Å². The largest absolute Gasteiger partial charge is 0.465 e. The van der Waals surface area contributed by atoms with Crippen LogP contribution in [0.25, 0.3) is 10.1 Å². The van der Waals surface area contributed by atoms with E-state index in [0.717, 1.165) is 4.70 Å². The zero-order chi connectivity index (χ0) is 14.0. The molecule has 0 unspecified atom stereocenters. The quantitative estimate of drug-likeness (QED) is 0.669. The minimum Gasteiger partial charge on any atom is -0.465 e. The van der Waals surface area contributed by atoms with Gasteiger partial charge in [-0.25, -0.2) is 13.2 Å². The molecule has 0 saturated carbocycles. The number of sulfonamides is 1. The van der Waals surface area contributed by atoms with Crippen molar-refractivity contribution in [3.05, 3.63) is 29.1 Å². The van der Waals surface area contributed by atoms with Gasteiger partial charge < -0.3 is 4.74 Å². The van der Waals surface area contributed by atoms with E-state index >= 15 is 0 Å². The molecule has 0 bridgehead atoms. The van der Waals surface area contributed by atoms with E-state index in [1.54, 1.807) is 12.1 Å². The number of carbonyl (C=O) groups is 1. The lowest BCUT2D eigenvalue weighted by Gasteiger charge is -2.06. The molecule has 2 aromatic rings. The van der Waals surface area contributed by atoms with E-state index < -0.39 is 16.0 Å². The molecule has 1 aromatic heterocycles. The number of carbonyl (C=O) groups excluding carboxylic acids is 1. The average molecular weight is 364 g/mol. The van der Waals surface area contributed by atoms with Gasteiger partial charge in [-0.15, -0.1) is 11.3 Å². The fourth-order valence-electron chi connectivity index (χ4n) is 1.57. The number of thiophene rings is 1. The van der Waals surface area contributed by atoms with E-state index in [1.165, 1.54) is 18.4 Å². The number of benzene rings is 1. The van der Waals surface area contributed by atoms with Crippen LogP contribution in [0, 0.1) is 0 Å². The monoisotopic (exact) mass is 363 g/mol. The first-order valence-corrected chi connectivity index (χ1v) is 8.74. The molecule has 19 heavy (non-hydrogen) atoms. The SMILES string of the molecule is COC(=O)c1sc2ccccc2c1NS(=O)(=O)CBr. The Balaban J connectivity index is 2.64. The summed E-state index contributed by atoms with van der Waals surface area (Å²) in [6.45, 7) is 0. The van der Waals surface area contributed by atoms with Crippen molar-refractivity contribution in [2.45, 2.75) is 0 Å². The van der Waals surface area contributed by atoms with Crippen LogP contribution in [0.3, 0.4) is 0 Å². The maximum atomic E-state index is 11.7. The van der Waals surface area contributed by atoms with Gasteiger partial charge in [0, 0.05) is 10.1 Å². The number of anilines is 1. The first-order valence-electron chi connectivity index (χ1n) is 5.15. The van der Waals surface area contributed by atoms with Crippen molar-refractivity contribution in [2.75, 3.05) is 16.5 Å². The van der Waals surface area contributed by atoms with Gasteiger partial charge in [-0.3, -0.25) is 4.72 Å². The molecule has 8 heteroatoms. The highest BCUT2D eigenvalue weighted by Crippen LogP contribution is 2.36. The highest BCUT2D eigenvalue weighted by molar-refractivity contribution is 9.10. The van der Waals surface area contributed by atoms with Crippen molar-refractivity contribution < 1.29 is 17.9 Å². The zero-order valence-corrected chi connectivity index (χ0v) is 13.1. The summed E-state index contributed by atoms with van der Waals surface area (Å²) in [4.78, 5) is 12.0. The second-order valence-corrected chi connectivity index (χ2v) is 7.70. The second-order valence-electron chi connectivity index (χ2n) is 3.62. The Hall–Kier alpha value is -1.12. The molecule has 0 radical (unpaired) electrons. The second kappa shape index (κ2) is 5.48. The first kappa shape index (κ1) is 14.3. The van der Waals surface area contributed by atoms with Crippen LogP contribution in [-0.2, 0) is 14.8 Å². The fourth-order valence-corrected chi connectivity index (χ4v) is 3.63. The molecule has 0 atom stereocenters. The fraction of sp³-hybridized carbons (Fsp3) is 0.182. The molecular formula is C11H10BrNO4S2. The van der Waals surface area contributed by atoms with Crippen LogP contribution in [0.15, 0.2) is 24.3 Å².